The monoisotopic (exact) mass is 387 g/mol. The van der Waals surface area contributed by atoms with Crippen molar-refractivity contribution in [1.82, 2.24) is 19.8 Å². The molecule has 1 aliphatic rings. The van der Waals surface area contributed by atoms with Crippen molar-refractivity contribution in [3.8, 4) is 0 Å². The van der Waals surface area contributed by atoms with Crippen LogP contribution in [0.2, 0.25) is 0 Å². The predicted octanol–water partition coefficient (Wildman–Crippen LogP) is 3.20. The summed E-state index contributed by atoms with van der Waals surface area (Å²) in [6.07, 6.45) is 3.25. The normalized spacial score (nSPS) is 14.6. The summed E-state index contributed by atoms with van der Waals surface area (Å²) in [5.41, 5.74) is 2.84. The number of rotatable bonds is 5. The highest BCUT2D eigenvalue weighted by Crippen LogP contribution is 2.19. The summed E-state index contributed by atoms with van der Waals surface area (Å²) < 4.78 is 0. The fourth-order valence-electron chi connectivity index (χ4n) is 3.51. The number of carbonyl (C=O) groups is 1. The highest BCUT2D eigenvalue weighted by atomic mass is 16.2. The Bertz CT molecular complexity index is 923. The Morgan fingerprint density at radius 1 is 0.897 bits per heavy atom. The van der Waals surface area contributed by atoms with Crippen LogP contribution in [0.5, 0.6) is 0 Å². The van der Waals surface area contributed by atoms with E-state index in [0.29, 0.717) is 11.5 Å². The molecular weight excluding hydrogens is 362 g/mol. The molecule has 29 heavy (non-hydrogen) atoms. The van der Waals surface area contributed by atoms with E-state index in [-0.39, 0.29) is 5.91 Å². The highest BCUT2D eigenvalue weighted by Gasteiger charge is 2.23. The molecule has 3 aromatic rings. The lowest BCUT2D eigenvalue weighted by Gasteiger charge is -2.34. The summed E-state index contributed by atoms with van der Waals surface area (Å²) in [5, 5.41) is 0. The van der Waals surface area contributed by atoms with Gasteiger partial charge >= 0.3 is 0 Å². The fraction of sp³-hybridized carbons (Fsp3) is 0.261. The van der Waals surface area contributed by atoms with Gasteiger partial charge in [0.15, 0.2) is 0 Å². The van der Waals surface area contributed by atoms with Gasteiger partial charge in [-0.3, -0.25) is 9.69 Å². The maximum absolute atomic E-state index is 12.8. The number of benzene rings is 2. The van der Waals surface area contributed by atoms with E-state index in [9.17, 15) is 4.79 Å². The van der Waals surface area contributed by atoms with Crippen molar-refractivity contribution in [3.05, 3.63) is 84.2 Å². The molecule has 2 aromatic carbocycles. The maximum atomic E-state index is 12.8. The number of anilines is 2. The lowest BCUT2D eigenvalue weighted by Crippen LogP contribution is -2.48. The summed E-state index contributed by atoms with van der Waals surface area (Å²) in [4.78, 5) is 27.8. The molecule has 148 valence electrons. The van der Waals surface area contributed by atoms with E-state index < -0.39 is 0 Å². The van der Waals surface area contributed by atoms with E-state index in [2.05, 4.69) is 39.1 Å². The molecule has 6 heteroatoms. The van der Waals surface area contributed by atoms with Gasteiger partial charge in [-0.25, -0.2) is 9.97 Å². The zero-order chi connectivity index (χ0) is 20.1. The second-order valence-corrected chi connectivity index (χ2v) is 7.22. The molecule has 0 N–H and O–H groups in total. The number of aromatic nitrogens is 2. The van der Waals surface area contributed by atoms with Gasteiger partial charge in [0, 0.05) is 57.9 Å². The van der Waals surface area contributed by atoms with E-state index in [1.165, 1.54) is 5.56 Å². The van der Waals surface area contributed by atoms with Gasteiger partial charge in [0.25, 0.3) is 5.91 Å². The molecule has 2 heterocycles. The van der Waals surface area contributed by atoms with Crippen molar-refractivity contribution in [3.63, 3.8) is 0 Å². The summed E-state index contributed by atoms with van der Waals surface area (Å²) >= 11 is 0. The molecule has 1 amide bonds. The van der Waals surface area contributed by atoms with Crippen molar-refractivity contribution in [2.45, 2.75) is 6.54 Å². The van der Waals surface area contributed by atoms with E-state index >= 15 is 0 Å². The standard InChI is InChI=1S/C23H25N5O/c1-26(21-10-6-3-7-11-21)23-24-16-20(17-25-23)22(29)28-14-12-27(13-15-28)18-19-8-4-2-5-9-19/h2-11,16-17H,12-15,18H2,1H3. The summed E-state index contributed by atoms with van der Waals surface area (Å²) in [5.74, 6) is 0.568. The van der Waals surface area contributed by atoms with Crippen LogP contribution in [-0.4, -0.2) is 58.9 Å². The quantitative estimate of drug-likeness (QED) is 0.673. The van der Waals surface area contributed by atoms with Gasteiger partial charge < -0.3 is 9.80 Å². The second kappa shape index (κ2) is 8.84. The molecular formula is C23H25N5O. The summed E-state index contributed by atoms with van der Waals surface area (Å²) in [6.45, 7) is 4.10. The van der Waals surface area contributed by atoms with Gasteiger partial charge in [0.2, 0.25) is 5.95 Å². The summed E-state index contributed by atoms with van der Waals surface area (Å²) in [6, 6.07) is 20.4. The van der Waals surface area contributed by atoms with Crippen LogP contribution in [0.4, 0.5) is 11.6 Å². The maximum Gasteiger partial charge on any atom is 0.257 e. The zero-order valence-electron chi connectivity index (χ0n) is 16.6. The van der Waals surface area contributed by atoms with E-state index in [1.54, 1.807) is 12.4 Å². The van der Waals surface area contributed by atoms with Crippen LogP contribution >= 0.6 is 0 Å². The number of piperazine rings is 1. The largest absolute Gasteiger partial charge is 0.336 e. The third-order valence-corrected chi connectivity index (χ3v) is 5.24. The number of nitrogens with zero attached hydrogens (tertiary/aromatic N) is 5. The average Bonchev–Trinajstić information content (AvgIpc) is 2.80. The van der Waals surface area contributed by atoms with Gasteiger partial charge in [-0.2, -0.15) is 0 Å². The molecule has 0 atom stereocenters. The summed E-state index contributed by atoms with van der Waals surface area (Å²) in [7, 11) is 1.91. The molecule has 1 aliphatic heterocycles. The molecule has 0 radical (unpaired) electrons. The van der Waals surface area contributed by atoms with Crippen LogP contribution in [-0.2, 0) is 6.54 Å². The third kappa shape index (κ3) is 4.60. The lowest BCUT2D eigenvalue weighted by atomic mass is 10.2. The molecule has 0 aliphatic carbocycles. The first-order valence-corrected chi connectivity index (χ1v) is 9.87. The van der Waals surface area contributed by atoms with Crippen molar-refractivity contribution in [2.24, 2.45) is 0 Å². The molecule has 0 saturated carbocycles. The Kier molecular flexibility index (Phi) is 5.81. The van der Waals surface area contributed by atoms with Crippen molar-refractivity contribution >= 4 is 17.5 Å². The minimum absolute atomic E-state index is 0.00160. The van der Waals surface area contributed by atoms with E-state index in [0.717, 1.165) is 38.4 Å². The van der Waals surface area contributed by atoms with Crippen LogP contribution in [0.25, 0.3) is 0 Å². The minimum atomic E-state index is -0.00160. The Hall–Kier alpha value is -3.25. The molecule has 0 unspecified atom stereocenters. The first-order chi connectivity index (χ1) is 14.2. The van der Waals surface area contributed by atoms with Crippen LogP contribution in [0.1, 0.15) is 15.9 Å². The fourth-order valence-corrected chi connectivity index (χ4v) is 3.51. The molecule has 1 saturated heterocycles. The third-order valence-electron chi connectivity index (χ3n) is 5.24. The molecule has 0 bridgehead atoms. The molecule has 0 spiro atoms. The Morgan fingerprint density at radius 3 is 2.10 bits per heavy atom. The van der Waals surface area contributed by atoms with Crippen LogP contribution in [0.15, 0.2) is 73.1 Å². The second-order valence-electron chi connectivity index (χ2n) is 7.22. The molecule has 1 fully saturated rings. The van der Waals surface area contributed by atoms with Gasteiger partial charge in [0.05, 0.1) is 5.56 Å². The topological polar surface area (TPSA) is 52.6 Å². The van der Waals surface area contributed by atoms with Gasteiger partial charge in [0.1, 0.15) is 0 Å². The van der Waals surface area contributed by atoms with Gasteiger partial charge in [-0.1, -0.05) is 48.5 Å². The SMILES string of the molecule is CN(c1ccccc1)c1ncc(C(=O)N2CCN(Cc3ccccc3)CC2)cn1. The number of hydrogen-bond acceptors (Lipinski definition) is 5. The van der Waals surface area contributed by atoms with Crippen molar-refractivity contribution in [1.29, 1.82) is 0 Å². The molecule has 6 nitrogen and oxygen atoms in total. The van der Waals surface area contributed by atoms with Crippen molar-refractivity contribution in [2.75, 3.05) is 38.1 Å². The first kappa shape index (κ1) is 19.1. The lowest BCUT2D eigenvalue weighted by molar-refractivity contribution is 0.0627. The van der Waals surface area contributed by atoms with Gasteiger partial charge in [-0.05, 0) is 17.7 Å². The van der Waals surface area contributed by atoms with Crippen LogP contribution in [0.3, 0.4) is 0 Å². The smallest absolute Gasteiger partial charge is 0.257 e. The van der Waals surface area contributed by atoms with Crippen molar-refractivity contribution < 1.29 is 4.79 Å². The molecule has 1 aromatic heterocycles. The van der Waals surface area contributed by atoms with Gasteiger partial charge in [-0.15, -0.1) is 0 Å². The minimum Gasteiger partial charge on any atom is -0.336 e. The van der Waals surface area contributed by atoms with Crippen LogP contribution in [0, 0.1) is 0 Å². The molecule has 4 rings (SSSR count). The van der Waals surface area contributed by atoms with Crippen LogP contribution < -0.4 is 4.90 Å². The Balaban J connectivity index is 1.34. The first-order valence-electron chi connectivity index (χ1n) is 9.87. The Morgan fingerprint density at radius 2 is 1.48 bits per heavy atom. The number of amides is 1. The highest BCUT2D eigenvalue weighted by molar-refractivity contribution is 5.93. The predicted molar refractivity (Wildman–Crippen MR) is 114 cm³/mol. The number of para-hydroxylation sites is 1. The van der Waals surface area contributed by atoms with E-state index in [1.807, 2.05) is 53.2 Å². The zero-order valence-corrected chi connectivity index (χ0v) is 16.6. The van der Waals surface area contributed by atoms with E-state index in [4.69, 9.17) is 0 Å². The Labute approximate surface area is 171 Å². The number of carbonyl (C=O) groups excluding carboxylic acids is 1. The number of hydrogen-bond donors (Lipinski definition) is 0. The average molecular weight is 387 g/mol.